The zero-order valence-electron chi connectivity index (χ0n) is 17.4. The Hall–Kier alpha value is -3.30. The predicted octanol–water partition coefficient (Wildman–Crippen LogP) is 4.83. The third kappa shape index (κ3) is 6.61. The molecule has 2 aromatic carbocycles. The Morgan fingerprint density at radius 1 is 1.12 bits per heavy atom. The number of ether oxygens (including phenoxy) is 2. The van der Waals surface area contributed by atoms with E-state index in [1.54, 1.807) is 11.0 Å². The number of hydrogen-bond acceptors (Lipinski definition) is 5. The van der Waals surface area contributed by atoms with Gasteiger partial charge in [0, 0.05) is 25.6 Å². The van der Waals surface area contributed by atoms with E-state index in [4.69, 9.17) is 9.84 Å². The van der Waals surface area contributed by atoms with Gasteiger partial charge in [-0.1, -0.05) is 6.07 Å². The molecular weight excluding hydrogens is 470 g/mol. The molecule has 2 atom stereocenters. The summed E-state index contributed by atoms with van der Waals surface area (Å²) < 4.78 is 85.7. The molecule has 1 N–H and O–H groups in total. The van der Waals surface area contributed by atoms with E-state index >= 15 is 0 Å². The molecule has 0 radical (unpaired) electrons. The fourth-order valence-electron chi connectivity index (χ4n) is 3.70. The van der Waals surface area contributed by atoms with Gasteiger partial charge >= 0.3 is 18.5 Å². The van der Waals surface area contributed by atoms with Crippen LogP contribution in [0.5, 0.6) is 5.75 Å². The molecule has 1 saturated heterocycles. The summed E-state index contributed by atoms with van der Waals surface area (Å²) in [6.45, 7) is -0.489. The van der Waals surface area contributed by atoms with E-state index in [1.165, 1.54) is 18.2 Å². The normalized spacial score (nSPS) is 19.1. The van der Waals surface area contributed by atoms with Crippen LogP contribution in [0, 0.1) is 11.3 Å². The van der Waals surface area contributed by atoms with Crippen LogP contribution in [0.2, 0.25) is 0 Å². The lowest BCUT2D eigenvalue weighted by Gasteiger charge is -2.24. The largest absolute Gasteiger partial charge is 0.522 e. The monoisotopic (exact) mass is 488 g/mol. The number of rotatable bonds is 7. The maximum absolute atomic E-state index is 12.7. The number of carboxylic acids is 1. The first-order valence-electron chi connectivity index (χ1n) is 9.90. The number of aromatic carboxylic acids is 1. The molecule has 2 aromatic rings. The summed E-state index contributed by atoms with van der Waals surface area (Å²) in [5, 5.41) is 18.3. The molecule has 1 fully saturated rings. The van der Waals surface area contributed by atoms with Gasteiger partial charge in [0.25, 0.3) is 0 Å². The molecule has 0 spiro atoms. The number of alkyl halides is 6. The molecular formula is C22H18F6N2O4. The van der Waals surface area contributed by atoms with Crippen molar-refractivity contribution in [3.05, 3.63) is 64.7 Å². The van der Waals surface area contributed by atoms with Crippen LogP contribution in [0.1, 0.15) is 33.5 Å². The van der Waals surface area contributed by atoms with Crippen LogP contribution in [-0.4, -0.2) is 47.6 Å². The molecule has 34 heavy (non-hydrogen) atoms. The highest BCUT2D eigenvalue weighted by Gasteiger charge is 2.38. The van der Waals surface area contributed by atoms with Crippen LogP contribution >= 0.6 is 0 Å². The van der Waals surface area contributed by atoms with Crippen LogP contribution in [0.15, 0.2) is 42.5 Å². The van der Waals surface area contributed by atoms with Gasteiger partial charge in [-0.15, -0.1) is 13.2 Å². The van der Waals surface area contributed by atoms with Crippen molar-refractivity contribution in [3.63, 3.8) is 0 Å². The smallest absolute Gasteiger partial charge is 0.489 e. The van der Waals surface area contributed by atoms with Gasteiger partial charge in [0.2, 0.25) is 0 Å². The molecule has 3 rings (SSSR count). The molecule has 1 heterocycles. The molecule has 0 unspecified atom stereocenters. The molecule has 0 aliphatic carbocycles. The van der Waals surface area contributed by atoms with Crippen LogP contribution in [-0.2, 0) is 17.5 Å². The van der Waals surface area contributed by atoms with Crippen molar-refractivity contribution in [1.82, 2.24) is 4.90 Å². The van der Waals surface area contributed by atoms with Gasteiger partial charge in [0.15, 0.2) is 0 Å². The summed E-state index contributed by atoms with van der Waals surface area (Å²) in [5.41, 5.74) is -0.658. The summed E-state index contributed by atoms with van der Waals surface area (Å²) in [6.07, 6.45) is -9.89. The van der Waals surface area contributed by atoms with Crippen LogP contribution < -0.4 is 4.74 Å². The summed E-state index contributed by atoms with van der Waals surface area (Å²) in [6, 6.07) is 9.03. The van der Waals surface area contributed by atoms with E-state index < -0.39 is 42.8 Å². The summed E-state index contributed by atoms with van der Waals surface area (Å²) in [7, 11) is 0. The SMILES string of the molecule is N#Cc1cc(CN2C[C@@H](Oc3ccc(C(F)(F)F)cc3)C[C@H]2COC(F)(F)F)ccc1C(=O)O. The third-order valence-electron chi connectivity index (χ3n) is 5.23. The maximum atomic E-state index is 12.7. The topological polar surface area (TPSA) is 82.8 Å². The molecule has 0 amide bonds. The highest BCUT2D eigenvalue weighted by molar-refractivity contribution is 5.90. The van der Waals surface area contributed by atoms with Crippen LogP contribution in [0.4, 0.5) is 26.3 Å². The second kappa shape index (κ2) is 9.90. The standard InChI is InChI=1S/C22H18F6N2O4/c23-21(24,25)15-2-4-17(5-3-15)34-18-8-16(12-33-22(26,27)28)30(11-18)10-13-1-6-19(20(31)32)14(7-13)9-29/h1-7,16,18H,8,10-12H2,(H,31,32)/t16-,18-/m0/s1. The van der Waals surface area contributed by atoms with Crippen molar-refractivity contribution in [2.24, 2.45) is 0 Å². The van der Waals surface area contributed by atoms with E-state index in [1.807, 2.05) is 0 Å². The van der Waals surface area contributed by atoms with Crippen molar-refractivity contribution in [2.75, 3.05) is 13.2 Å². The van der Waals surface area contributed by atoms with Crippen molar-refractivity contribution >= 4 is 5.97 Å². The Morgan fingerprint density at radius 3 is 2.35 bits per heavy atom. The zero-order valence-corrected chi connectivity index (χ0v) is 17.4. The zero-order chi connectivity index (χ0) is 25.1. The Balaban J connectivity index is 1.75. The van der Waals surface area contributed by atoms with Gasteiger partial charge in [0.05, 0.1) is 23.3 Å². The van der Waals surface area contributed by atoms with E-state index in [9.17, 15) is 36.4 Å². The molecule has 0 bridgehead atoms. The average Bonchev–Trinajstić information content (AvgIpc) is 3.12. The van der Waals surface area contributed by atoms with Gasteiger partial charge in [-0.25, -0.2) is 4.79 Å². The van der Waals surface area contributed by atoms with Crippen molar-refractivity contribution in [1.29, 1.82) is 5.26 Å². The van der Waals surface area contributed by atoms with Crippen LogP contribution in [0.25, 0.3) is 0 Å². The molecule has 182 valence electrons. The third-order valence-corrected chi connectivity index (χ3v) is 5.23. The number of halogens is 6. The lowest BCUT2D eigenvalue weighted by atomic mass is 10.0. The molecule has 1 aliphatic heterocycles. The molecule has 0 aromatic heterocycles. The number of carbonyl (C=O) groups is 1. The second-order valence-electron chi connectivity index (χ2n) is 7.63. The average molecular weight is 488 g/mol. The predicted molar refractivity (Wildman–Crippen MR) is 105 cm³/mol. The number of benzene rings is 2. The van der Waals surface area contributed by atoms with Crippen molar-refractivity contribution in [2.45, 2.75) is 37.7 Å². The van der Waals surface area contributed by atoms with Gasteiger partial charge in [-0.05, 0) is 42.0 Å². The molecule has 1 aliphatic rings. The summed E-state index contributed by atoms with van der Waals surface area (Å²) >= 11 is 0. The minimum atomic E-state index is -4.85. The van der Waals surface area contributed by atoms with E-state index in [-0.39, 0.29) is 36.4 Å². The van der Waals surface area contributed by atoms with Gasteiger partial charge in [-0.3, -0.25) is 9.64 Å². The Morgan fingerprint density at radius 2 is 1.79 bits per heavy atom. The van der Waals surface area contributed by atoms with Crippen molar-refractivity contribution < 1.29 is 45.7 Å². The van der Waals surface area contributed by atoms with E-state index in [0.717, 1.165) is 24.3 Å². The van der Waals surface area contributed by atoms with E-state index in [2.05, 4.69) is 4.74 Å². The van der Waals surface area contributed by atoms with Gasteiger partial charge in [0.1, 0.15) is 17.9 Å². The van der Waals surface area contributed by atoms with Gasteiger partial charge in [-0.2, -0.15) is 18.4 Å². The first-order chi connectivity index (χ1) is 15.9. The van der Waals surface area contributed by atoms with Crippen molar-refractivity contribution in [3.8, 4) is 11.8 Å². The number of hydrogen-bond donors (Lipinski definition) is 1. The Labute approximate surface area is 189 Å². The number of carboxylic acid groups (broad SMARTS) is 1. The first-order valence-corrected chi connectivity index (χ1v) is 9.90. The fraction of sp³-hybridized carbons (Fsp3) is 0.364. The van der Waals surface area contributed by atoms with Gasteiger partial charge < -0.3 is 9.84 Å². The Bertz CT molecular complexity index is 1060. The fourth-order valence-corrected chi connectivity index (χ4v) is 3.70. The number of nitriles is 1. The lowest BCUT2D eigenvalue weighted by Crippen LogP contribution is -2.35. The first kappa shape index (κ1) is 25.3. The minimum absolute atomic E-state index is 0.0767. The number of likely N-dealkylation sites (tertiary alicyclic amines) is 1. The lowest BCUT2D eigenvalue weighted by molar-refractivity contribution is -0.328. The molecule has 0 saturated carbocycles. The maximum Gasteiger partial charge on any atom is 0.522 e. The summed E-state index contributed by atoms with van der Waals surface area (Å²) in [5.74, 6) is -1.15. The second-order valence-corrected chi connectivity index (χ2v) is 7.63. The van der Waals surface area contributed by atoms with Crippen LogP contribution in [0.3, 0.4) is 0 Å². The molecule has 6 nitrogen and oxygen atoms in total. The summed E-state index contributed by atoms with van der Waals surface area (Å²) in [4.78, 5) is 12.8. The quantitative estimate of drug-likeness (QED) is 0.562. The Kier molecular flexibility index (Phi) is 7.38. The highest BCUT2D eigenvalue weighted by Crippen LogP contribution is 2.32. The van der Waals surface area contributed by atoms with E-state index in [0.29, 0.717) is 5.56 Å². The minimum Gasteiger partial charge on any atom is -0.489 e. The highest BCUT2D eigenvalue weighted by atomic mass is 19.4. The number of nitrogens with zero attached hydrogens (tertiary/aromatic N) is 2. The molecule has 12 heteroatoms.